The summed E-state index contributed by atoms with van der Waals surface area (Å²) in [5.41, 5.74) is 7.79. The van der Waals surface area contributed by atoms with Crippen molar-refractivity contribution < 1.29 is 18.0 Å². The molecule has 1 aliphatic heterocycles. The number of carbonyl (C=O) groups excluding carboxylic acids is 1. The average molecular weight is 552 g/mol. The van der Waals surface area contributed by atoms with Gasteiger partial charge in [-0.1, -0.05) is 24.0 Å². The molecule has 1 saturated heterocycles. The van der Waals surface area contributed by atoms with Gasteiger partial charge in [0.05, 0.1) is 16.7 Å². The number of alkyl halides is 3. The fourth-order valence-electron chi connectivity index (χ4n) is 4.54. The van der Waals surface area contributed by atoms with Gasteiger partial charge in [-0.2, -0.15) is 13.2 Å². The molecule has 0 spiro atoms. The number of amides is 1. The average Bonchev–Trinajstić information content (AvgIpc) is 3.33. The van der Waals surface area contributed by atoms with Crippen molar-refractivity contribution in [3.8, 4) is 11.8 Å². The molecule has 0 saturated carbocycles. The molecule has 6 N–H and O–H groups in total. The van der Waals surface area contributed by atoms with Crippen molar-refractivity contribution in [3.63, 3.8) is 0 Å². The number of amidine groups is 1. The number of benzene rings is 2. The maximum Gasteiger partial charge on any atom is 0.416 e. The van der Waals surface area contributed by atoms with E-state index in [9.17, 15) is 18.0 Å². The summed E-state index contributed by atoms with van der Waals surface area (Å²) in [4.78, 5) is 20.1. The van der Waals surface area contributed by atoms with Gasteiger partial charge < -0.3 is 26.3 Å². The zero-order valence-electron chi connectivity index (χ0n) is 22.6. The molecule has 0 unspecified atom stereocenters. The number of aromatic nitrogens is 1. The van der Waals surface area contributed by atoms with E-state index >= 15 is 0 Å². The van der Waals surface area contributed by atoms with E-state index in [1.165, 1.54) is 12.1 Å². The molecular weight excluding hydrogens is 519 g/mol. The maximum atomic E-state index is 14.0. The van der Waals surface area contributed by atoms with Gasteiger partial charge in [-0.25, -0.2) is 0 Å². The molecular formula is C29H32F3N7O. The van der Waals surface area contributed by atoms with Crippen molar-refractivity contribution in [3.05, 3.63) is 81.5 Å². The highest BCUT2D eigenvalue weighted by Gasteiger charge is 2.34. The van der Waals surface area contributed by atoms with E-state index in [1.807, 2.05) is 18.9 Å². The minimum atomic E-state index is -4.59. The van der Waals surface area contributed by atoms with Gasteiger partial charge in [0, 0.05) is 62.8 Å². The van der Waals surface area contributed by atoms with Gasteiger partial charge in [-0.05, 0) is 49.4 Å². The van der Waals surface area contributed by atoms with Gasteiger partial charge in [0.25, 0.3) is 5.91 Å². The molecule has 4 rings (SSSR count). The third kappa shape index (κ3) is 6.65. The lowest BCUT2D eigenvalue weighted by Crippen LogP contribution is -2.44. The third-order valence-electron chi connectivity index (χ3n) is 6.89. The van der Waals surface area contributed by atoms with Crippen LogP contribution in [0.15, 0.2) is 42.6 Å². The fourth-order valence-corrected chi connectivity index (χ4v) is 4.54. The summed E-state index contributed by atoms with van der Waals surface area (Å²) in [6, 6.07) is 8.84. The largest absolute Gasteiger partial charge is 0.416 e. The summed E-state index contributed by atoms with van der Waals surface area (Å²) >= 11 is 0. The summed E-state index contributed by atoms with van der Waals surface area (Å²) in [6.45, 7) is 4.99. The summed E-state index contributed by atoms with van der Waals surface area (Å²) in [6.07, 6.45) is -2.95. The van der Waals surface area contributed by atoms with E-state index in [2.05, 4.69) is 32.4 Å². The Morgan fingerprint density at radius 3 is 2.45 bits per heavy atom. The minimum absolute atomic E-state index is 0.0827. The Balaban J connectivity index is 1.55. The highest BCUT2D eigenvalue weighted by atomic mass is 19.4. The van der Waals surface area contributed by atoms with Crippen LogP contribution in [-0.2, 0) is 12.7 Å². The molecule has 11 heteroatoms. The zero-order valence-corrected chi connectivity index (χ0v) is 22.6. The molecule has 8 nitrogen and oxygen atoms in total. The number of hydrogen-bond donors (Lipinski definition) is 5. The number of anilines is 2. The standard InChI is InChI=1S/C29H32F3N7O/c1-18-4-9-23(14-19(18)5-7-21-16-36-27(35-2)25(21)26(33)34)37-28(40)20-6-8-22(24(15-20)29(30,31)32)17-39-12-10-38(3)11-13-39/h4,6,8-9,14-16,35-36H,10-13,17H2,1-3H3,(H3,33,34)(H,37,40). The van der Waals surface area contributed by atoms with Crippen LogP contribution in [0.25, 0.3) is 0 Å². The van der Waals surface area contributed by atoms with Crippen LogP contribution in [0.1, 0.15) is 43.7 Å². The Bertz CT molecular complexity index is 1470. The van der Waals surface area contributed by atoms with Crippen LogP contribution in [0.3, 0.4) is 0 Å². The second-order valence-corrected chi connectivity index (χ2v) is 9.80. The van der Waals surface area contributed by atoms with Crippen LogP contribution in [0, 0.1) is 24.2 Å². The quantitative estimate of drug-likeness (QED) is 0.180. The second-order valence-electron chi connectivity index (χ2n) is 9.80. The number of hydrogen-bond acceptors (Lipinski definition) is 5. The number of halogens is 3. The molecule has 1 aromatic heterocycles. The summed E-state index contributed by atoms with van der Waals surface area (Å²) in [7, 11) is 3.69. The number of piperazine rings is 1. The molecule has 1 fully saturated rings. The number of H-pyrrole nitrogens is 1. The SMILES string of the molecule is CNc1[nH]cc(C#Cc2cc(NC(=O)c3ccc(CN4CCN(C)CC4)c(C(F)(F)F)c3)ccc2C)c1C(=N)N. The number of likely N-dealkylation sites (N-methyl/N-ethyl adjacent to an activating group) is 1. The Hall–Kier alpha value is -4.27. The van der Waals surface area contributed by atoms with E-state index in [-0.39, 0.29) is 23.5 Å². The van der Waals surface area contributed by atoms with Crippen LogP contribution in [0.2, 0.25) is 0 Å². The molecule has 1 amide bonds. The smallest absolute Gasteiger partial charge is 0.384 e. The molecule has 210 valence electrons. The van der Waals surface area contributed by atoms with Crippen LogP contribution in [0.4, 0.5) is 24.7 Å². The van der Waals surface area contributed by atoms with Crippen LogP contribution < -0.4 is 16.4 Å². The monoisotopic (exact) mass is 551 g/mol. The highest BCUT2D eigenvalue weighted by molar-refractivity contribution is 6.04. The lowest BCUT2D eigenvalue weighted by atomic mass is 10.0. The number of rotatable bonds is 6. The first-order valence-corrected chi connectivity index (χ1v) is 12.7. The lowest BCUT2D eigenvalue weighted by Gasteiger charge is -2.33. The molecule has 0 atom stereocenters. The Morgan fingerprint density at radius 1 is 1.10 bits per heavy atom. The first-order chi connectivity index (χ1) is 19.0. The molecule has 0 aliphatic carbocycles. The predicted octanol–water partition coefficient (Wildman–Crippen LogP) is 4.07. The number of nitrogens with two attached hydrogens (primary N) is 1. The van der Waals surface area contributed by atoms with Crippen molar-refractivity contribution in [1.29, 1.82) is 5.41 Å². The van der Waals surface area contributed by atoms with E-state index in [0.29, 0.717) is 41.3 Å². The first kappa shape index (κ1) is 28.7. The van der Waals surface area contributed by atoms with E-state index in [1.54, 1.807) is 31.4 Å². The van der Waals surface area contributed by atoms with E-state index in [0.717, 1.165) is 24.7 Å². The number of aromatic amines is 1. The summed E-state index contributed by atoms with van der Waals surface area (Å²) in [5.74, 6) is 5.82. The topological polar surface area (TPSA) is 113 Å². The number of carbonyl (C=O) groups is 1. The minimum Gasteiger partial charge on any atom is -0.384 e. The molecule has 0 bridgehead atoms. The van der Waals surface area contributed by atoms with Crippen LogP contribution in [0.5, 0.6) is 0 Å². The summed E-state index contributed by atoms with van der Waals surface area (Å²) < 4.78 is 41.9. The molecule has 0 radical (unpaired) electrons. The molecule has 2 heterocycles. The molecule has 2 aromatic carbocycles. The van der Waals surface area contributed by atoms with Crippen LogP contribution in [-0.4, -0.2) is 66.8 Å². The van der Waals surface area contributed by atoms with E-state index < -0.39 is 17.6 Å². The van der Waals surface area contributed by atoms with Gasteiger partial charge in [0.15, 0.2) is 0 Å². The van der Waals surface area contributed by atoms with Gasteiger partial charge in [0.2, 0.25) is 0 Å². The van der Waals surface area contributed by atoms with Crippen molar-refractivity contribution >= 4 is 23.2 Å². The second kappa shape index (κ2) is 11.9. The van der Waals surface area contributed by atoms with Crippen molar-refractivity contribution in [2.24, 2.45) is 5.73 Å². The number of aryl methyl sites for hydroxylation is 1. The lowest BCUT2D eigenvalue weighted by molar-refractivity contribution is -0.138. The van der Waals surface area contributed by atoms with Crippen molar-refractivity contribution in [1.82, 2.24) is 14.8 Å². The zero-order chi connectivity index (χ0) is 29.0. The number of nitrogen functional groups attached to an aromatic ring is 1. The summed E-state index contributed by atoms with van der Waals surface area (Å²) in [5, 5.41) is 13.4. The van der Waals surface area contributed by atoms with Gasteiger partial charge in [-0.15, -0.1) is 0 Å². The molecule has 40 heavy (non-hydrogen) atoms. The van der Waals surface area contributed by atoms with Gasteiger partial charge in [-0.3, -0.25) is 15.1 Å². The number of nitrogens with zero attached hydrogens (tertiary/aromatic N) is 2. The van der Waals surface area contributed by atoms with Gasteiger partial charge >= 0.3 is 6.18 Å². The van der Waals surface area contributed by atoms with Gasteiger partial charge in [0.1, 0.15) is 11.7 Å². The van der Waals surface area contributed by atoms with Crippen molar-refractivity contribution in [2.45, 2.75) is 19.6 Å². The highest BCUT2D eigenvalue weighted by Crippen LogP contribution is 2.34. The Labute approximate surface area is 231 Å². The Morgan fingerprint density at radius 2 is 1.80 bits per heavy atom. The maximum absolute atomic E-state index is 14.0. The number of nitrogens with one attached hydrogen (secondary N) is 4. The first-order valence-electron chi connectivity index (χ1n) is 12.7. The Kier molecular flexibility index (Phi) is 8.52. The van der Waals surface area contributed by atoms with Crippen LogP contribution >= 0.6 is 0 Å². The molecule has 1 aliphatic rings. The normalized spacial score (nSPS) is 14.3. The predicted molar refractivity (Wildman–Crippen MR) is 151 cm³/mol. The van der Waals surface area contributed by atoms with E-state index in [4.69, 9.17) is 11.1 Å². The third-order valence-corrected chi connectivity index (χ3v) is 6.89. The fraction of sp³-hybridized carbons (Fsp3) is 0.310. The van der Waals surface area contributed by atoms with Crippen molar-refractivity contribution in [2.75, 3.05) is 50.9 Å². The molecule has 3 aromatic rings.